The molecule has 1 saturated carbocycles. The van der Waals surface area contributed by atoms with Crippen LogP contribution in [0.3, 0.4) is 0 Å². The van der Waals surface area contributed by atoms with Crippen molar-refractivity contribution in [3.63, 3.8) is 0 Å². The topological polar surface area (TPSA) is 18.5 Å². The fraction of sp³-hybridized carbons (Fsp3) is 1.00. The molecule has 2 heterocycles. The van der Waals surface area contributed by atoms with Crippen molar-refractivity contribution in [3.05, 3.63) is 0 Å². The molecule has 1 N–H and O–H groups in total. The van der Waals surface area contributed by atoms with E-state index < -0.39 is 0 Å². The molecule has 3 aliphatic rings. The molecule has 3 heteroatoms. The van der Waals surface area contributed by atoms with Crippen molar-refractivity contribution in [2.24, 2.45) is 5.92 Å². The van der Waals surface area contributed by atoms with Crippen LogP contribution in [0.25, 0.3) is 0 Å². The van der Waals surface area contributed by atoms with Gasteiger partial charge in [-0.15, -0.1) is 0 Å². The third-order valence-corrected chi connectivity index (χ3v) is 5.62. The van der Waals surface area contributed by atoms with E-state index in [-0.39, 0.29) is 0 Å². The average molecular weight is 279 g/mol. The molecule has 116 valence electrons. The maximum atomic E-state index is 3.77. The van der Waals surface area contributed by atoms with Crippen molar-refractivity contribution in [3.8, 4) is 0 Å². The number of hydrogen-bond acceptors (Lipinski definition) is 3. The molecule has 0 aromatic rings. The summed E-state index contributed by atoms with van der Waals surface area (Å²) in [5.41, 5.74) is 0. The Hall–Kier alpha value is -0.120. The van der Waals surface area contributed by atoms with Gasteiger partial charge in [-0.05, 0) is 45.1 Å². The number of rotatable bonds is 5. The summed E-state index contributed by atoms with van der Waals surface area (Å²) in [6, 6.07) is 3.11. The summed E-state index contributed by atoms with van der Waals surface area (Å²) in [6.07, 6.45) is 7.08. The van der Waals surface area contributed by atoms with Crippen LogP contribution in [0.15, 0.2) is 0 Å². The Labute approximate surface area is 125 Å². The summed E-state index contributed by atoms with van der Waals surface area (Å²) in [5.74, 6) is 0.749. The number of piperazine rings is 1. The fourth-order valence-corrected chi connectivity index (χ4v) is 4.15. The van der Waals surface area contributed by atoms with Gasteiger partial charge in [0.25, 0.3) is 0 Å². The minimum atomic E-state index is 0.717. The van der Waals surface area contributed by atoms with E-state index >= 15 is 0 Å². The lowest BCUT2D eigenvalue weighted by Crippen LogP contribution is -2.63. The second-order valence-electron chi connectivity index (χ2n) is 7.68. The lowest BCUT2D eigenvalue weighted by molar-refractivity contribution is -0.0181. The predicted octanol–water partition coefficient (Wildman–Crippen LogP) is 2.32. The summed E-state index contributed by atoms with van der Waals surface area (Å²) >= 11 is 0. The highest BCUT2D eigenvalue weighted by molar-refractivity contribution is 4.94. The lowest BCUT2D eigenvalue weighted by atomic mass is 9.93. The molecule has 0 aromatic heterocycles. The lowest BCUT2D eigenvalue weighted by Gasteiger charge is -2.51. The SMILES string of the molecule is CC(C)C(CNC1CC1)N1CC2CCCCN2CC1C. The number of nitrogens with zero attached hydrogens (tertiary/aromatic N) is 2. The van der Waals surface area contributed by atoms with Gasteiger partial charge in [0.2, 0.25) is 0 Å². The summed E-state index contributed by atoms with van der Waals surface area (Å²) in [7, 11) is 0. The van der Waals surface area contributed by atoms with Gasteiger partial charge in [-0.1, -0.05) is 20.3 Å². The molecule has 0 aromatic carbocycles. The molecule has 20 heavy (non-hydrogen) atoms. The molecule has 1 aliphatic carbocycles. The van der Waals surface area contributed by atoms with Gasteiger partial charge in [-0.25, -0.2) is 0 Å². The molecule has 0 bridgehead atoms. The van der Waals surface area contributed by atoms with Crippen LogP contribution in [0.5, 0.6) is 0 Å². The van der Waals surface area contributed by atoms with E-state index in [4.69, 9.17) is 0 Å². The average Bonchev–Trinajstić information content (AvgIpc) is 3.23. The number of nitrogens with one attached hydrogen (secondary N) is 1. The minimum Gasteiger partial charge on any atom is -0.312 e. The van der Waals surface area contributed by atoms with Gasteiger partial charge in [0.05, 0.1) is 0 Å². The summed E-state index contributed by atoms with van der Waals surface area (Å²) in [6.45, 7) is 12.4. The third kappa shape index (κ3) is 3.37. The Morgan fingerprint density at radius 1 is 1.10 bits per heavy atom. The molecule has 0 radical (unpaired) electrons. The highest BCUT2D eigenvalue weighted by Crippen LogP contribution is 2.27. The standard InChI is InChI=1S/C17H33N3/c1-13(2)17(10-18-15-7-8-15)20-12-16-6-4-5-9-19(16)11-14(20)3/h13-18H,4-12H2,1-3H3. The van der Waals surface area contributed by atoms with Crippen LogP contribution in [0.4, 0.5) is 0 Å². The molecular weight excluding hydrogens is 246 g/mol. The minimum absolute atomic E-state index is 0.717. The van der Waals surface area contributed by atoms with E-state index in [1.807, 2.05) is 0 Å². The normalized spacial score (nSPS) is 34.2. The van der Waals surface area contributed by atoms with Crippen LogP contribution in [0.1, 0.15) is 52.9 Å². The van der Waals surface area contributed by atoms with Gasteiger partial charge >= 0.3 is 0 Å². The second kappa shape index (κ2) is 6.33. The van der Waals surface area contributed by atoms with E-state index in [0.717, 1.165) is 30.1 Å². The zero-order chi connectivity index (χ0) is 14.1. The first-order valence-electron chi connectivity index (χ1n) is 8.88. The highest BCUT2D eigenvalue weighted by Gasteiger charge is 2.37. The molecule has 3 fully saturated rings. The molecule has 2 aliphatic heterocycles. The molecule has 3 nitrogen and oxygen atoms in total. The summed E-state index contributed by atoms with van der Waals surface area (Å²) in [5, 5.41) is 3.77. The van der Waals surface area contributed by atoms with Crippen LogP contribution < -0.4 is 5.32 Å². The monoisotopic (exact) mass is 279 g/mol. The van der Waals surface area contributed by atoms with Gasteiger partial charge < -0.3 is 5.32 Å². The van der Waals surface area contributed by atoms with Crippen molar-refractivity contribution in [1.82, 2.24) is 15.1 Å². The van der Waals surface area contributed by atoms with E-state index in [2.05, 4.69) is 35.9 Å². The zero-order valence-corrected chi connectivity index (χ0v) is 13.6. The van der Waals surface area contributed by atoms with E-state index in [0.29, 0.717) is 0 Å². The first kappa shape index (κ1) is 14.8. The van der Waals surface area contributed by atoms with Gasteiger partial charge in [0, 0.05) is 43.8 Å². The molecule has 3 unspecified atom stereocenters. The van der Waals surface area contributed by atoms with Crippen molar-refractivity contribution in [2.75, 3.05) is 26.2 Å². The van der Waals surface area contributed by atoms with Crippen molar-refractivity contribution < 1.29 is 0 Å². The zero-order valence-electron chi connectivity index (χ0n) is 13.6. The molecule has 0 amide bonds. The predicted molar refractivity (Wildman–Crippen MR) is 85.0 cm³/mol. The highest BCUT2D eigenvalue weighted by atomic mass is 15.3. The Kier molecular flexibility index (Phi) is 4.68. The van der Waals surface area contributed by atoms with Crippen molar-refractivity contribution in [2.45, 2.75) is 77.0 Å². The van der Waals surface area contributed by atoms with Crippen molar-refractivity contribution in [1.29, 1.82) is 0 Å². The summed E-state index contributed by atoms with van der Waals surface area (Å²) in [4.78, 5) is 5.59. The van der Waals surface area contributed by atoms with Crippen LogP contribution in [-0.2, 0) is 0 Å². The molecule has 3 rings (SSSR count). The first-order chi connectivity index (χ1) is 9.65. The Morgan fingerprint density at radius 2 is 1.90 bits per heavy atom. The van der Waals surface area contributed by atoms with E-state index in [9.17, 15) is 0 Å². The van der Waals surface area contributed by atoms with Crippen molar-refractivity contribution >= 4 is 0 Å². The molecular formula is C17H33N3. The number of hydrogen-bond donors (Lipinski definition) is 1. The second-order valence-corrected chi connectivity index (χ2v) is 7.68. The van der Waals surface area contributed by atoms with Gasteiger partial charge in [-0.3, -0.25) is 9.80 Å². The Balaban J connectivity index is 1.62. The van der Waals surface area contributed by atoms with Gasteiger partial charge in [0.1, 0.15) is 0 Å². The van der Waals surface area contributed by atoms with Crippen LogP contribution >= 0.6 is 0 Å². The largest absolute Gasteiger partial charge is 0.312 e. The van der Waals surface area contributed by atoms with Crippen LogP contribution in [0.2, 0.25) is 0 Å². The Bertz CT molecular complexity index is 313. The van der Waals surface area contributed by atoms with Gasteiger partial charge in [-0.2, -0.15) is 0 Å². The van der Waals surface area contributed by atoms with E-state index in [1.165, 1.54) is 58.3 Å². The van der Waals surface area contributed by atoms with Crippen LogP contribution in [-0.4, -0.2) is 60.1 Å². The fourth-order valence-electron chi connectivity index (χ4n) is 4.15. The smallest absolute Gasteiger partial charge is 0.0247 e. The first-order valence-corrected chi connectivity index (χ1v) is 8.88. The summed E-state index contributed by atoms with van der Waals surface area (Å²) < 4.78 is 0. The molecule has 0 spiro atoms. The molecule has 3 atom stereocenters. The maximum Gasteiger partial charge on any atom is 0.0247 e. The number of fused-ring (bicyclic) bond motifs is 1. The van der Waals surface area contributed by atoms with Crippen LogP contribution in [0, 0.1) is 5.92 Å². The van der Waals surface area contributed by atoms with Gasteiger partial charge in [0.15, 0.2) is 0 Å². The number of piperidine rings is 1. The maximum absolute atomic E-state index is 3.77. The van der Waals surface area contributed by atoms with E-state index in [1.54, 1.807) is 0 Å². The Morgan fingerprint density at radius 3 is 2.60 bits per heavy atom. The third-order valence-electron chi connectivity index (χ3n) is 5.62. The quantitative estimate of drug-likeness (QED) is 0.833. The molecule has 2 saturated heterocycles.